The van der Waals surface area contributed by atoms with E-state index in [0.29, 0.717) is 17.3 Å². The number of anilines is 1. The summed E-state index contributed by atoms with van der Waals surface area (Å²) in [5, 5.41) is 3.15. The molecule has 0 aliphatic heterocycles. The molecule has 1 aliphatic rings. The molecule has 0 spiro atoms. The first-order valence-corrected chi connectivity index (χ1v) is 7.41. The second-order valence-corrected chi connectivity index (χ2v) is 6.78. The predicted octanol–water partition coefficient (Wildman–Crippen LogP) is 3.00. The van der Waals surface area contributed by atoms with Gasteiger partial charge in [0.1, 0.15) is 0 Å². The third-order valence-electron chi connectivity index (χ3n) is 4.25. The van der Waals surface area contributed by atoms with Crippen molar-refractivity contribution in [2.24, 2.45) is 11.3 Å². The summed E-state index contributed by atoms with van der Waals surface area (Å²) in [6.45, 7) is 6.74. The van der Waals surface area contributed by atoms with Crippen molar-refractivity contribution >= 4 is 11.6 Å². The van der Waals surface area contributed by atoms with Crippen LogP contribution in [-0.2, 0) is 0 Å². The van der Waals surface area contributed by atoms with Crippen LogP contribution < -0.4 is 11.1 Å². The Morgan fingerprint density at radius 3 is 2.70 bits per heavy atom. The lowest BCUT2D eigenvalue weighted by molar-refractivity contribution is 0.0826. The number of hydrogen-bond donors (Lipinski definition) is 2. The third-order valence-corrected chi connectivity index (χ3v) is 4.25. The number of aromatic nitrogens is 1. The SMILES string of the molecule is CC(C)(C)C1CCCCC1NC(=O)c1ncccc1N. The second-order valence-electron chi connectivity index (χ2n) is 6.78. The van der Waals surface area contributed by atoms with Crippen molar-refractivity contribution in [3.63, 3.8) is 0 Å². The summed E-state index contributed by atoms with van der Waals surface area (Å²) >= 11 is 0. The molecular formula is C16H25N3O. The second kappa shape index (κ2) is 5.81. The van der Waals surface area contributed by atoms with E-state index in [2.05, 4.69) is 31.1 Å². The topological polar surface area (TPSA) is 68.0 Å². The van der Waals surface area contributed by atoms with Crippen LogP contribution in [0, 0.1) is 11.3 Å². The van der Waals surface area contributed by atoms with Crippen LogP contribution in [0.5, 0.6) is 0 Å². The van der Waals surface area contributed by atoms with Crippen molar-refractivity contribution in [3.05, 3.63) is 24.0 Å². The minimum absolute atomic E-state index is 0.149. The monoisotopic (exact) mass is 275 g/mol. The molecule has 0 saturated heterocycles. The molecule has 2 unspecified atom stereocenters. The van der Waals surface area contributed by atoms with Crippen LogP contribution in [0.3, 0.4) is 0 Å². The van der Waals surface area contributed by atoms with Crippen LogP contribution in [-0.4, -0.2) is 16.9 Å². The number of pyridine rings is 1. The van der Waals surface area contributed by atoms with Crippen LogP contribution in [0.1, 0.15) is 56.9 Å². The van der Waals surface area contributed by atoms with E-state index in [9.17, 15) is 4.79 Å². The number of nitrogens with two attached hydrogens (primary N) is 1. The maximum absolute atomic E-state index is 12.4. The Balaban J connectivity index is 2.11. The zero-order valence-corrected chi connectivity index (χ0v) is 12.6. The standard InChI is InChI=1S/C16H25N3O/c1-16(2,3)11-7-4-5-9-13(11)19-15(20)14-12(17)8-6-10-18-14/h6,8,10-11,13H,4-5,7,9,17H2,1-3H3,(H,19,20). The third kappa shape index (κ3) is 3.30. The number of carbonyl (C=O) groups is 1. The Hall–Kier alpha value is -1.58. The summed E-state index contributed by atoms with van der Waals surface area (Å²) in [6.07, 6.45) is 6.25. The normalized spacial score (nSPS) is 23.4. The first-order chi connectivity index (χ1) is 9.39. The maximum Gasteiger partial charge on any atom is 0.272 e. The van der Waals surface area contributed by atoms with E-state index in [4.69, 9.17) is 5.73 Å². The molecule has 0 aromatic carbocycles. The van der Waals surface area contributed by atoms with Gasteiger partial charge in [-0.1, -0.05) is 33.6 Å². The van der Waals surface area contributed by atoms with Crippen LogP contribution in [0.2, 0.25) is 0 Å². The molecule has 2 rings (SSSR count). The summed E-state index contributed by atoms with van der Waals surface area (Å²) in [4.78, 5) is 16.4. The van der Waals surface area contributed by atoms with E-state index in [1.54, 1.807) is 18.3 Å². The minimum atomic E-state index is -0.149. The van der Waals surface area contributed by atoms with E-state index < -0.39 is 0 Å². The molecule has 2 atom stereocenters. The van der Waals surface area contributed by atoms with Gasteiger partial charge in [-0.3, -0.25) is 4.79 Å². The van der Waals surface area contributed by atoms with Crippen LogP contribution >= 0.6 is 0 Å². The Morgan fingerprint density at radius 1 is 1.35 bits per heavy atom. The van der Waals surface area contributed by atoms with Gasteiger partial charge in [0.2, 0.25) is 0 Å². The van der Waals surface area contributed by atoms with Gasteiger partial charge in [-0.25, -0.2) is 4.98 Å². The maximum atomic E-state index is 12.4. The Kier molecular flexibility index (Phi) is 4.31. The van der Waals surface area contributed by atoms with E-state index in [1.165, 1.54) is 19.3 Å². The molecule has 0 bridgehead atoms. The van der Waals surface area contributed by atoms with Gasteiger partial charge >= 0.3 is 0 Å². The fourth-order valence-electron chi connectivity index (χ4n) is 3.18. The van der Waals surface area contributed by atoms with Crippen LogP contribution in [0.15, 0.2) is 18.3 Å². The van der Waals surface area contributed by atoms with Gasteiger partial charge in [-0.05, 0) is 36.3 Å². The average molecular weight is 275 g/mol. The number of hydrogen-bond acceptors (Lipinski definition) is 3. The van der Waals surface area contributed by atoms with Gasteiger partial charge in [0.15, 0.2) is 5.69 Å². The van der Waals surface area contributed by atoms with Gasteiger partial charge < -0.3 is 11.1 Å². The van der Waals surface area contributed by atoms with Crippen LogP contribution in [0.4, 0.5) is 5.69 Å². The highest BCUT2D eigenvalue weighted by Gasteiger charge is 2.35. The van der Waals surface area contributed by atoms with Gasteiger partial charge in [0.05, 0.1) is 5.69 Å². The number of amides is 1. The summed E-state index contributed by atoms with van der Waals surface area (Å²) in [5.41, 5.74) is 6.80. The van der Waals surface area contributed by atoms with Crippen molar-refractivity contribution in [1.82, 2.24) is 10.3 Å². The number of nitrogens with one attached hydrogen (secondary N) is 1. The quantitative estimate of drug-likeness (QED) is 0.871. The molecular weight excluding hydrogens is 250 g/mol. The van der Waals surface area contributed by atoms with Crippen molar-refractivity contribution in [3.8, 4) is 0 Å². The predicted molar refractivity (Wildman–Crippen MR) is 81.3 cm³/mol. The van der Waals surface area contributed by atoms with E-state index in [-0.39, 0.29) is 17.4 Å². The molecule has 3 N–H and O–H groups in total. The Labute approximate surface area is 121 Å². The molecule has 0 radical (unpaired) electrons. The fourth-order valence-corrected chi connectivity index (χ4v) is 3.18. The van der Waals surface area contributed by atoms with Crippen molar-refractivity contribution in [1.29, 1.82) is 0 Å². The van der Waals surface area contributed by atoms with E-state index in [0.717, 1.165) is 6.42 Å². The summed E-state index contributed by atoms with van der Waals surface area (Å²) < 4.78 is 0. The fraction of sp³-hybridized carbons (Fsp3) is 0.625. The molecule has 4 nitrogen and oxygen atoms in total. The van der Waals surface area contributed by atoms with Crippen molar-refractivity contribution in [2.75, 3.05) is 5.73 Å². The van der Waals surface area contributed by atoms with Gasteiger partial charge in [-0.15, -0.1) is 0 Å². The molecule has 20 heavy (non-hydrogen) atoms. The number of nitrogen functional groups attached to an aromatic ring is 1. The lowest BCUT2D eigenvalue weighted by Gasteiger charge is -2.40. The molecule has 1 aromatic rings. The zero-order valence-electron chi connectivity index (χ0n) is 12.6. The molecule has 110 valence electrons. The summed E-state index contributed by atoms with van der Waals surface area (Å²) in [7, 11) is 0. The summed E-state index contributed by atoms with van der Waals surface area (Å²) in [5.74, 6) is 0.356. The highest BCUT2D eigenvalue weighted by Crippen LogP contribution is 2.38. The lowest BCUT2D eigenvalue weighted by atomic mass is 9.69. The molecule has 1 fully saturated rings. The lowest BCUT2D eigenvalue weighted by Crippen LogP contribution is -2.47. The van der Waals surface area contributed by atoms with Gasteiger partial charge in [-0.2, -0.15) is 0 Å². The first kappa shape index (κ1) is 14.8. The van der Waals surface area contributed by atoms with Gasteiger partial charge in [0, 0.05) is 12.2 Å². The average Bonchev–Trinajstić information content (AvgIpc) is 2.38. The first-order valence-electron chi connectivity index (χ1n) is 7.41. The Bertz CT molecular complexity index is 479. The number of carbonyl (C=O) groups excluding carboxylic acids is 1. The zero-order chi connectivity index (χ0) is 14.8. The van der Waals surface area contributed by atoms with Crippen molar-refractivity contribution < 1.29 is 4.79 Å². The van der Waals surface area contributed by atoms with Gasteiger partial charge in [0.25, 0.3) is 5.91 Å². The van der Waals surface area contributed by atoms with E-state index in [1.807, 2.05) is 0 Å². The molecule has 1 heterocycles. The highest BCUT2D eigenvalue weighted by atomic mass is 16.2. The molecule has 1 aromatic heterocycles. The largest absolute Gasteiger partial charge is 0.397 e. The summed E-state index contributed by atoms with van der Waals surface area (Å²) in [6, 6.07) is 3.67. The highest BCUT2D eigenvalue weighted by molar-refractivity contribution is 5.97. The Morgan fingerprint density at radius 2 is 2.05 bits per heavy atom. The molecule has 1 amide bonds. The van der Waals surface area contributed by atoms with E-state index >= 15 is 0 Å². The smallest absolute Gasteiger partial charge is 0.272 e. The minimum Gasteiger partial charge on any atom is -0.397 e. The number of nitrogens with zero attached hydrogens (tertiary/aromatic N) is 1. The van der Waals surface area contributed by atoms with Crippen molar-refractivity contribution in [2.45, 2.75) is 52.5 Å². The molecule has 1 saturated carbocycles. The molecule has 1 aliphatic carbocycles. The number of rotatable bonds is 2. The molecule has 4 heteroatoms. The van der Waals surface area contributed by atoms with Crippen LogP contribution in [0.25, 0.3) is 0 Å².